The topological polar surface area (TPSA) is 69.4 Å². The van der Waals surface area contributed by atoms with Gasteiger partial charge in [0.1, 0.15) is 6.10 Å². The minimum Gasteiger partial charge on any atom is -0.250 e. The predicted molar refractivity (Wildman–Crippen MR) is 58.2 cm³/mol. The zero-order valence-corrected chi connectivity index (χ0v) is 9.57. The van der Waals surface area contributed by atoms with Crippen molar-refractivity contribution in [1.82, 2.24) is 0 Å². The highest BCUT2D eigenvalue weighted by Gasteiger charge is 2.21. The molecule has 1 aromatic rings. The molecule has 0 fully saturated rings. The minimum absolute atomic E-state index is 0.0331. The summed E-state index contributed by atoms with van der Waals surface area (Å²) in [7, 11) is -3.92. The van der Waals surface area contributed by atoms with Crippen molar-refractivity contribution in [3.8, 4) is 0 Å². The lowest BCUT2D eigenvalue weighted by Crippen LogP contribution is -2.22. The number of hydrogen-bond acceptors (Lipinski definition) is 3. The van der Waals surface area contributed by atoms with E-state index in [-0.39, 0.29) is 5.92 Å². The first kappa shape index (κ1) is 12.2. The third-order valence-corrected chi connectivity index (χ3v) is 2.45. The van der Waals surface area contributed by atoms with Crippen LogP contribution in [-0.2, 0) is 14.5 Å². The van der Waals surface area contributed by atoms with Crippen molar-refractivity contribution < 1.29 is 12.6 Å². The average molecular weight is 229 g/mol. The predicted octanol–water partition coefficient (Wildman–Crippen LogP) is 1.60. The zero-order chi connectivity index (χ0) is 11.5. The van der Waals surface area contributed by atoms with Crippen molar-refractivity contribution in [2.24, 2.45) is 11.1 Å². The van der Waals surface area contributed by atoms with Gasteiger partial charge in [-0.15, -0.1) is 0 Å². The summed E-state index contributed by atoms with van der Waals surface area (Å²) < 4.78 is 26.6. The summed E-state index contributed by atoms with van der Waals surface area (Å²) in [6.07, 6.45) is -0.527. The molecule has 5 heteroatoms. The van der Waals surface area contributed by atoms with Crippen molar-refractivity contribution in [2.45, 2.75) is 20.0 Å². The van der Waals surface area contributed by atoms with E-state index in [2.05, 4.69) is 0 Å². The summed E-state index contributed by atoms with van der Waals surface area (Å²) >= 11 is 0. The molecule has 4 nitrogen and oxygen atoms in total. The molecule has 0 aliphatic carbocycles. The highest BCUT2D eigenvalue weighted by molar-refractivity contribution is 7.84. The third kappa shape index (κ3) is 3.99. The highest BCUT2D eigenvalue weighted by atomic mass is 32.2. The summed E-state index contributed by atoms with van der Waals surface area (Å²) in [6.45, 7) is 3.76. The first-order valence-electron chi connectivity index (χ1n) is 4.66. The maximum Gasteiger partial charge on any atom is 0.333 e. The Bertz CT molecular complexity index is 400. The Morgan fingerprint density at radius 1 is 1.20 bits per heavy atom. The quantitative estimate of drug-likeness (QED) is 0.852. The maximum atomic E-state index is 10.9. The van der Waals surface area contributed by atoms with Gasteiger partial charge in [-0.25, -0.2) is 9.32 Å². The molecule has 0 saturated heterocycles. The van der Waals surface area contributed by atoms with Crippen LogP contribution in [0.3, 0.4) is 0 Å². The van der Waals surface area contributed by atoms with Crippen molar-refractivity contribution in [3.63, 3.8) is 0 Å². The molecule has 0 spiro atoms. The van der Waals surface area contributed by atoms with Crippen LogP contribution in [0.25, 0.3) is 0 Å². The Balaban J connectivity index is 2.95. The second-order valence-electron chi connectivity index (χ2n) is 3.66. The van der Waals surface area contributed by atoms with Crippen LogP contribution >= 0.6 is 0 Å². The third-order valence-electron chi connectivity index (χ3n) is 1.97. The van der Waals surface area contributed by atoms with E-state index in [0.717, 1.165) is 5.56 Å². The second-order valence-corrected chi connectivity index (χ2v) is 4.84. The molecule has 0 amide bonds. The average Bonchev–Trinajstić information content (AvgIpc) is 2.14. The van der Waals surface area contributed by atoms with Crippen molar-refractivity contribution in [1.29, 1.82) is 0 Å². The van der Waals surface area contributed by atoms with Crippen LogP contribution in [0.15, 0.2) is 30.3 Å². The van der Waals surface area contributed by atoms with E-state index in [1.165, 1.54) is 0 Å². The lowest BCUT2D eigenvalue weighted by Gasteiger charge is -2.19. The molecule has 0 radical (unpaired) electrons. The standard InChI is InChI=1S/C10H15NO3S/c1-8(2)10(14-15(11,12)13)9-6-4-3-5-7-9/h3-8,10H,1-2H3,(H2,11,12,13). The molecule has 1 atom stereocenters. The fraction of sp³-hybridized carbons (Fsp3) is 0.400. The van der Waals surface area contributed by atoms with Gasteiger partial charge in [0.05, 0.1) is 0 Å². The molecule has 0 saturated carbocycles. The molecule has 1 aromatic carbocycles. The minimum atomic E-state index is -3.92. The van der Waals surface area contributed by atoms with Crippen molar-refractivity contribution in [3.05, 3.63) is 35.9 Å². The van der Waals surface area contributed by atoms with E-state index in [9.17, 15) is 8.42 Å². The van der Waals surface area contributed by atoms with Crippen LogP contribution in [-0.4, -0.2) is 8.42 Å². The molecule has 0 bridgehead atoms. The van der Waals surface area contributed by atoms with Gasteiger partial charge in [0.15, 0.2) is 0 Å². The van der Waals surface area contributed by atoms with Crippen LogP contribution in [0.2, 0.25) is 0 Å². The van der Waals surface area contributed by atoms with Gasteiger partial charge in [0.2, 0.25) is 0 Å². The lowest BCUT2D eigenvalue weighted by molar-refractivity contribution is 0.161. The van der Waals surface area contributed by atoms with Gasteiger partial charge in [-0.2, -0.15) is 8.42 Å². The first-order valence-corrected chi connectivity index (χ1v) is 6.13. The summed E-state index contributed by atoms with van der Waals surface area (Å²) in [6, 6.07) is 9.15. The zero-order valence-electron chi connectivity index (χ0n) is 8.75. The van der Waals surface area contributed by atoms with E-state index in [0.29, 0.717) is 0 Å². The molecular weight excluding hydrogens is 214 g/mol. The van der Waals surface area contributed by atoms with Crippen LogP contribution in [0.4, 0.5) is 0 Å². The lowest BCUT2D eigenvalue weighted by atomic mass is 9.99. The van der Waals surface area contributed by atoms with Gasteiger partial charge in [-0.3, -0.25) is 0 Å². The highest BCUT2D eigenvalue weighted by Crippen LogP contribution is 2.26. The summed E-state index contributed by atoms with van der Waals surface area (Å²) in [5.74, 6) is 0.0331. The Morgan fingerprint density at radius 2 is 1.73 bits per heavy atom. The SMILES string of the molecule is CC(C)C(OS(N)(=O)=O)c1ccccc1. The molecule has 1 rings (SSSR count). The molecule has 0 aliphatic heterocycles. The van der Waals surface area contributed by atoms with Crippen LogP contribution in [0.1, 0.15) is 25.5 Å². The summed E-state index contributed by atoms with van der Waals surface area (Å²) in [5, 5.41) is 4.86. The Morgan fingerprint density at radius 3 is 2.13 bits per heavy atom. The van der Waals surface area contributed by atoms with Crippen LogP contribution in [0.5, 0.6) is 0 Å². The Hall–Kier alpha value is -0.910. The number of nitrogens with two attached hydrogens (primary N) is 1. The smallest absolute Gasteiger partial charge is 0.250 e. The Labute approximate surface area is 90.3 Å². The van der Waals surface area contributed by atoms with Crippen molar-refractivity contribution >= 4 is 10.3 Å². The Kier molecular flexibility index (Phi) is 3.84. The molecule has 84 valence electrons. The molecule has 2 N–H and O–H groups in total. The van der Waals surface area contributed by atoms with Gasteiger partial charge >= 0.3 is 10.3 Å². The first-order chi connectivity index (χ1) is 6.90. The molecule has 0 heterocycles. The second kappa shape index (κ2) is 4.74. The van der Waals surface area contributed by atoms with E-state index in [1.807, 2.05) is 44.2 Å². The summed E-state index contributed by atoms with van der Waals surface area (Å²) in [4.78, 5) is 0. The molecular formula is C10H15NO3S. The summed E-state index contributed by atoms with van der Waals surface area (Å²) in [5.41, 5.74) is 0.807. The van der Waals surface area contributed by atoms with Gasteiger partial charge < -0.3 is 0 Å². The van der Waals surface area contributed by atoms with Gasteiger partial charge in [0, 0.05) is 0 Å². The molecule has 1 unspecified atom stereocenters. The molecule has 15 heavy (non-hydrogen) atoms. The van der Waals surface area contributed by atoms with Crippen molar-refractivity contribution in [2.75, 3.05) is 0 Å². The fourth-order valence-electron chi connectivity index (χ4n) is 1.34. The van der Waals surface area contributed by atoms with E-state index in [4.69, 9.17) is 9.32 Å². The van der Waals surface area contributed by atoms with Crippen LogP contribution < -0.4 is 5.14 Å². The van der Waals surface area contributed by atoms with E-state index < -0.39 is 16.4 Å². The van der Waals surface area contributed by atoms with E-state index in [1.54, 1.807) is 0 Å². The monoisotopic (exact) mass is 229 g/mol. The number of benzene rings is 1. The largest absolute Gasteiger partial charge is 0.333 e. The van der Waals surface area contributed by atoms with Gasteiger partial charge in [0.25, 0.3) is 0 Å². The molecule has 0 aromatic heterocycles. The maximum absolute atomic E-state index is 10.9. The van der Waals surface area contributed by atoms with Gasteiger partial charge in [-0.05, 0) is 11.5 Å². The molecule has 0 aliphatic rings. The number of rotatable bonds is 4. The van der Waals surface area contributed by atoms with Gasteiger partial charge in [-0.1, -0.05) is 44.2 Å². The number of hydrogen-bond donors (Lipinski definition) is 1. The fourth-order valence-corrected chi connectivity index (χ4v) is 1.96. The van der Waals surface area contributed by atoms with Crippen LogP contribution in [0, 0.1) is 5.92 Å². The normalized spacial score (nSPS) is 14.1. The van der Waals surface area contributed by atoms with E-state index >= 15 is 0 Å².